The number of ketones is 2. The third-order valence-corrected chi connectivity index (χ3v) is 12.4. The van der Waals surface area contributed by atoms with Crippen LogP contribution in [0.15, 0.2) is 0 Å². The first-order valence-corrected chi connectivity index (χ1v) is 14.8. The van der Waals surface area contributed by atoms with Crippen molar-refractivity contribution in [2.75, 3.05) is 0 Å². The maximum absolute atomic E-state index is 14.2. The van der Waals surface area contributed by atoms with E-state index in [-0.39, 0.29) is 51.5 Å². The molecule has 0 N–H and O–H groups in total. The Morgan fingerprint density at radius 1 is 0.917 bits per heavy atom. The molecule has 4 saturated carbocycles. The zero-order valence-corrected chi connectivity index (χ0v) is 24.5. The Morgan fingerprint density at radius 3 is 2.19 bits per heavy atom. The lowest BCUT2D eigenvalue weighted by molar-refractivity contribution is -0.206. The second kappa shape index (κ2) is 9.23. The van der Waals surface area contributed by atoms with Gasteiger partial charge in [0.2, 0.25) is 0 Å². The van der Waals surface area contributed by atoms with Crippen molar-refractivity contribution >= 4 is 17.5 Å². The highest BCUT2D eigenvalue weighted by molar-refractivity contribution is 5.95. The van der Waals surface area contributed by atoms with Crippen molar-refractivity contribution < 1.29 is 19.1 Å². The highest BCUT2D eigenvalue weighted by atomic mass is 16.5. The molecular weight excluding hydrogens is 448 g/mol. The van der Waals surface area contributed by atoms with Gasteiger partial charge in [-0.3, -0.25) is 14.4 Å². The lowest BCUT2D eigenvalue weighted by Crippen LogP contribution is -2.67. The molecule has 204 valence electrons. The third-order valence-electron chi connectivity index (χ3n) is 12.4. The average Bonchev–Trinajstić information content (AvgIpc) is 3.02. The lowest BCUT2D eigenvalue weighted by atomic mass is 9.37. The minimum Gasteiger partial charge on any atom is -0.462 e. The Balaban J connectivity index is 1.65. The van der Waals surface area contributed by atoms with E-state index in [0.717, 1.165) is 31.6 Å². The number of hydrogen-bond donors (Lipinski definition) is 0. The van der Waals surface area contributed by atoms with Gasteiger partial charge in [0.15, 0.2) is 0 Å². The summed E-state index contributed by atoms with van der Waals surface area (Å²) in [5.74, 6) is 1.89. The van der Waals surface area contributed by atoms with Crippen LogP contribution in [0.5, 0.6) is 0 Å². The van der Waals surface area contributed by atoms with Crippen molar-refractivity contribution in [1.29, 1.82) is 0 Å². The van der Waals surface area contributed by atoms with Crippen LogP contribution in [0, 0.1) is 57.2 Å². The summed E-state index contributed by atoms with van der Waals surface area (Å²) < 4.78 is 5.76. The molecule has 0 saturated heterocycles. The molecule has 0 amide bonds. The summed E-state index contributed by atoms with van der Waals surface area (Å²) in [4.78, 5) is 40.2. The zero-order valence-electron chi connectivity index (χ0n) is 24.5. The molecule has 0 spiro atoms. The molecule has 4 aliphatic carbocycles. The number of fused-ring (bicyclic) bond motifs is 5. The molecule has 36 heavy (non-hydrogen) atoms. The Bertz CT molecular complexity index is 904. The van der Waals surface area contributed by atoms with Crippen molar-refractivity contribution in [1.82, 2.24) is 0 Å². The zero-order chi connectivity index (χ0) is 26.8. The topological polar surface area (TPSA) is 60.4 Å². The fourth-order valence-electron chi connectivity index (χ4n) is 10.3. The molecule has 4 fully saturated rings. The Morgan fingerprint density at radius 2 is 1.58 bits per heavy atom. The van der Waals surface area contributed by atoms with E-state index >= 15 is 0 Å². The number of hydrogen-bond acceptors (Lipinski definition) is 4. The minimum absolute atomic E-state index is 0.0564. The van der Waals surface area contributed by atoms with Crippen LogP contribution in [0.3, 0.4) is 0 Å². The van der Waals surface area contributed by atoms with Gasteiger partial charge < -0.3 is 4.74 Å². The second-order valence-electron chi connectivity index (χ2n) is 15.1. The van der Waals surface area contributed by atoms with E-state index in [9.17, 15) is 14.4 Å². The van der Waals surface area contributed by atoms with Gasteiger partial charge in [0.25, 0.3) is 0 Å². The molecule has 0 bridgehead atoms. The van der Waals surface area contributed by atoms with E-state index in [1.807, 2.05) is 0 Å². The molecule has 0 aromatic carbocycles. The maximum atomic E-state index is 14.2. The van der Waals surface area contributed by atoms with Crippen LogP contribution in [-0.4, -0.2) is 23.6 Å². The first kappa shape index (κ1) is 27.8. The van der Waals surface area contributed by atoms with Crippen LogP contribution in [-0.2, 0) is 19.1 Å². The number of esters is 1. The van der Waals surface area contributed by atoms with Gasteiger partial charge in [-0.1, -0.05) is 74.7 Å². The van der Waals surface area contributed by atoms with E-state index in [0.29, 0.717) is 36.2 Å². The van der Waals surface area contributed by atoms with Gasteiger partial charge in [0.05, 0.1) is 0 Å². The predicted molar refractivity (Wildman–Crippen MR) is 143 cm³/mol. The van der Waals surface area contributed by atoms with Crippen molar-refractivity contribution in [3.63, 3.8) is 0 Å². The van der Waals surface area contributed by atoms with Gasteiger partial charge in [-0.15, -0.1) is 0 Å². The van der Waals surface area contributed by atoms with Crippen LogP contribution in [0.4, 0.5) is 0 Å². The Hall–Kier alpha value is -1.19. The molecule has 9 atom stereocenters. The normalized spacial score (nSPS) is 44.6. The molecule has 4 heteroatoms. The van der Waals surface area contributed by atoms with E-state index in [1.165, 1.54) is 26.2 Å². The summed E-state index contributed by atoms with van der Waals surface area (Å²) >= 11 is 0. The van der Waals surface area contributed by atoms with Crippen molar-refractivity contribution in [2.24, 2.45) is 57.2 Å². The minimum atomic E-state index is -0.329. The summed E-state index contributed by atoms with van der Waals surface area (Å²) in [5, 5.41) is 0. The van der Waals surface area contributed by atoms with Gasteiger partial charge in [0, 0.05) is 37.0 Å². The summed E-state index contributed by atoms with van der Waals surface area (Å²) in [7, 11) is 0. The van der Waals surface area contributed by atoms with Crippen LogP contribution in [0.1, 0.15) is 120 Å². The number of Topliss-reactive ketones (excluding diaryl/α,β-unsaturated/α-hetero) is 2. The standard InChI is InChI=1S/C32H52O4/c1-19(2)11-10-12-20(3)22-13-16-31(8)28-23(34)17-25-29(5,6)26(36-21(4)33)14-15-30(25,7)27(28)24(35)18-32(22,31)9/h19-20,22,25-28H,10-18H2,1-9H3/t20-,22+,25+,26-,27-,28+,30-,31-,32+/m0/s1. The van der Waals surface area contributed by atoms with E-state index in [4.69, 9.17) is 4.74 Å². The molecule has 0 aliphatic heterocycles. The fourth-order valence-corrected chi connectivity index (χ4v) is 10.3. The molecule has 4 aliphatic rings. The number of rotatable bonds is 6. The molecule has 0 unspecified atom stereocenters. The van der Waals surface area contributed by atoms with Crippen molar-refractivity contribution in [3.05, 3.63) is 0 Å². The second-order valence-corrected chi connectivity index (χ2v) is 15.1. The number of ether oxygens (including phenoxy) is 1. The smallest absolute Gasteiger partial charge is 0.302 e. The summed E-state index contributed by atoms with van der Waals surface area (Å²) in [6.07, 6.45) is 8.48. The third kappa shape index (κ3) is 4.03. The SMILES string of the molecule is CC(=O)O[C@H]1CC[C@@]2(C)[C@H](CC(=O)[C@@H]3[C@@H]2C(=O)C[C@]2(C)[C@@H]([C@@H](C)CCCC(C)C)CC[C@@]32C)C1(C)C. The van der Waals surface area contributed by atoms with Crippen LogP contribution >= 0.6 is 0 Å². The average molecular weight is 501 g/mol. The quantitative estimate of drug-likeness (QED) is 0.356. The van der Waals surface area contributed by atoms with Gasteiger partial charge >= 0.3 is 5.97 Å². The Labute approximate surface area is 220 Å². The van der Waals surface area contributed by atoms with Gasteiger partial charge in [-0.25, -0.2) is 0 Å². The number of carbonyl (C=O) groups excluding carboxylic acids is 3. The molecule has 4 rings (SSSR count). The van der Waals surface area contributed by atoms with Crippen LogP contribution in [0.2, 0.25) is 0 Å². The van der Waals surface area contributed by atoms with Gasteiger partial charge in [0.1, 0.15) is 17.7 Å². The van der Waals surface area contributed by atoms with E-state index < -0.39 is 0 Å². The predicted octanol–water partition coefficient (Wildman–Crippen LogP) is 7.42. The monoisotopic (exact) mass is 500 g/mol. The number of carbonyl (C=O) groups is 3. The van der Waals surface area contributed by atoms with Crippen LogP contribution in [0.25, 0.3) is 0 Å². The largest absolute Gasteiger partial charge is 0.462 e. The molecule has 4 nitrogen and oxygen atoms in total. The molecule has 0 aromatic rings. The van der Waals surface area contributed by atoms with Gasteiger partial charge in [-0.2, -0.15) is 0 Å². The molecular formula is C32H52O4. The highest BCUT2D eigenvalue weighted by Gasteiger charge is 2.72. The molecule has 0 heterocycles. The van der Waals surface area contributed by atoms with Crippen LogP contribution < -0.4 is 0 Å². The fraction of sp³-hybridized carbons (Fsp3) is 0.906. The summed E-state index contributed by atoms with van der Waals surface area (Å²) in [5.41, 5.74) is -0.776. The van der Waals surface area contributed by atoms with Crippen molar-refractivity contribution in [2.45, 2.75) is 126 Å². The Kier molecular flexibility index (Phi) is 7.13. The summed E-state index contributed by atoms with van der Waals surface area (Å²) in [6, 6.07) is 0. The van der Waals surface area contributed by atoms with Crippen molar-refractivity contribution in [3.8, 4) is 0 Å². The first-order valence-electron chi connectivity index (χ1n) is 14.8. The maximum Gasteiger partial charge on any atom is 0.302 e. The highest BCUT2D eigenvalue weighted by Crippen LogP contribution is 2.73. The lowest BCUT2D eigenvalue weighted by Gasteiger charge is -2.65. The summed E-state index contributed by atoms with van der Waals surface area (Å²) in [6.45, 7) is 19.8. The van der Waals surface area contributed by atoms with Gasteiger partial charge in [-0.05, 0) is 65.6 Å². The van der Waals surface area contributed by atoms with E-state index in [2.05, 4.69) is 55.4 Å². The molecule has 0 aromatic heterocycles. The van der Waals surface area contributed by atoms with E-state index in [1.54, 1.807) is 0 Å². The first-order chi connectivity index (χ1) is 16.6. The molecule has 0 radical (unpaired) electrons.